The van der Waals surface area contributed by atoms with E-state index in [0.29, 0.717) is 13.1 Å². The first-order chi connectivity index (χ1) is 16.2. The van der Waals surface area contributed by atoms with Crippen LogP contribution in [-0.4, -0.2) is 39.0 Å². The average Bonchev–Trinajstić information content (AvgIpc) is 3.60. The lowest BCUT2D eigenvalue weighted by Crippen LogP contribution is -2.34. The Balaban J connectivity index is 1.68. The molecule has 2 aromatic carbocycles. The van der Waals surface area contributed by atoms with Crippen molar-refractivity contribution in [3.8, 4) is 17.3 Å². The van der Waals surface area contributed by atoms with E-state index in [0.717, 1.165) is 60.3 Å². The highest BCUT2D eigenvalue weighted by molar-refractivity contribution is 5.43. The molecule has 1 aliphatic rings. The molecule has 1 aromatic heterocycles. The molecule has 1 saturated carbocycles. The molecule has 0 amide bonds. The van der Waals surface area contributed by atoms with Crippen LogP contribution < -0.4 is 4.74 Å². The number of hydrogen-bond donors (Lipinski definition) is 1. The molecule has 1 fully saturated rings. The Bertz CT molecular complexity index is 1010. The van der Waals surface area contributed by atoms with Crippen LogP contribution in [-0.2, 0) is 13.0 Å². The normalized spacial score (nSPS) is 14.4. The van der Waals surface area contributed by atoms with Crippen molar-refractivity contribution in [2.75, 3.05) is 13.1 Å². The molecule has 0 radical (unpaired) electrons. The van der Waals surface area contributed by atoms with Gasteiger partial charge >= 0.3 is 0 Å². The van der Waals surface area contributed by atoms with Gasteiger partial charge in [0.1, 0.15) is 5.75 Å². The van der Waals surface area contributed by atoms with Crippen LogP contribution in [0.5, 0.6) is 11.6 Å². The molecule has 1 unspecified atom stereocenters. The van der Waals surface area contributed by atoms with E-state index in [4.69, 9.17) is 9.84 Å². The SMILES string of the molecule is C=CCCC(O)CN(Cc1c(CC)nn(-c2ccccc2)c1Oc1ccccc1)CC1CC1. The molecule has 1 aliphatic carbocycles. The van der Waals surface area contributed by atoms with Gasteiger partial charge in [0.25, 0.3) is 0 Å². The van der Waals surface area contributed by atoms with Gasteiger partial charge in [0.05, 0.1) is 23.0 Å². The minimum absolute atomic E-state index is 0.366. The third kappa shape index (κ3) is 6.34. The zero-order valence-corrected chi connectivity index (χ0v) is 19.6. The van der Waals surface area contributed by atoms with Gasteiger partial charge in [-0.25, -0.2) is 4.68 Å². The lowest BCUT2D eigenvalue weighted by atomic mass is 10.1. The summed E-state index contributed by atoms with van der Waals surface area (Å²) in [5, 5.41) is 15.6. The van der Waals surface area contributed by atoms with Crippen molar-refractivity contribution in [1.82, 2.24) is 14.7 Å². The molecule has 3 aromatic rings. The summed E-state index contributed by atoms with van der Waals surface area (Å²) in [4.78, 5) is 2.38. The van der Waals surface area contributed by atoms with Crippen LogP contribution in [0.25, 0.3) is 5.69 Å². The molecular weight excluding hydrogens is 410 g/mol. The molecule has 1 heterocycles. The Morgan fingerprint density at radius 1 is 1.15 bits per heavy atom. The number of benzene rings is 2. The Hall–Kier alpha value is -2.89. The first kappa shape index (κ1) is 23.3. The number of aryl methyl sites for hydroxylation is 1. The van der Waals surface area contributed by atoms with Crippen LogP contribution in [0.15, 0.2) is 73.3 Å². The number of rotatable bonds is 13. The first-order valence-corrected chi connectivity index (χ1v) is 12.1. The standard InChI is InChI=1S/C28H35N3O2/c1-3-5-14-24(32)20-30(19-22-17-18-22)21-26-27(4-2)29-31(23-12-8-6-9-13-23)28(26)33-25-15-10-7-11-16-25/h3,6-13,15-16,22,24,32H,1,4-5,14,17-21H2,2H3. The summed E-state index contributed by atoms with van der Waals surface area (Å²) < 4.78 is 8.39. The molecule has 1 N–H and O–H groups in total. The Labute approximate surface area is 197 Å². The second-order valence-electron chi connectivity index (χ2n) is 8.90. The second kappa shape index (κ2) is 11.3. The molecule has 0 aliphatic heterocycles. The van der Waals surface area contributed by atoms with Crippen LogP contribution in [0.3, 0.4) is 0 Å². The van der Waals surface area contributed by atoms with Gasteiger partial charge in [-0.1, -0.05) is 49.4 Å². The van der Waals surface area contributed by atoms with Gasteiger partial charge in [0.2, 0.25) is 5.88 Å². The van der Waals surface area contributed by atoms with Crippen LogP contribution in [0.4, 0.5) is 0 Å². The van der Waals surface area contributed by atoms with Crippen molar-refractivity contribution < 1.29 is 9.84 Å². The maximum atomic E-state index is 10.6. The summed E-state index contributed by atoms with van der Waals surface area (Å²) in [5.74, 6) is 2.27. The van der Waals surface area contributed by atoms with Crippen LogP contribution in [0.1, 0.15) is 43.9 Å². The average molecular weight is 446 g/mol. The van der Waals surface area contributed by atoms with Crippen molar-refractivity contribution >= 4 is 0 Å². The van der Waals surface area contributed by atoms with E-state index in [-0.39, 0.29) is 6.10 Å². The quantitative estimate of drug-likeness (QED) is 0.340. The Kier molecular flexibility index (Phi) is 7.97. The van der Waals surface area contributed by atoms with E-state index in [2.05, 4.69) is 30.5 Å². The fourth-order valence-corrected chi connectivity index (χ4v) is 4.16. The number of nitrogens with zero attached hydrogens (tertiary/aromatic N) is 3. The van der Waals surface area contributed by atoms with E-state index < -0.39 is 0 Å². The summed E-state index contributed by atoms with van der Waals surface area (Å²) in [6, 6.07) is 20.0. The van der Waals surface area contributed by atoms with E-state index >= 15 is 0 Å². The zero-order valence-electron chi connectivity index (χ0n) is 19.6. The highest BCUT2D eigenvalue weighted by atomic mass is 16.5. The van der Waals surface area contributed by atoms with Crippen LogP contribution in [0, 0.1) is 5.92 Å². The fraction of sp³-hybridized carbons (Fsp3) is 0.393. The van der Waals surface area contributed by atoms with Gasteiger partial charge in [0, 0.05) is 19.6 Å². The van der Waals surface area contributed by atoms with Crippen LogP contribution in [0.2, 0.25) is 0 Å². The predicted molar refractivity (Wildman–Crippen MR) is 133 cm³/mol. The maximum absolute atomic E-state index is 10.6. The highest BCUT2D eigenvalue weighted by Crippen LogP contribution is 2.34. The van der Waals surface area contributed by atoms with Crippen molar-refractivity contribution in [1.29, 1.82) is 0 Å². The molecule has 4 rings (SSSR count). The molecule has 1 atom stereocenters. The number of ether oxygens (including phenoxy) is 1. The van der Waals surface area contributed by atoms with Gasteiger partial charge in [-0.2, -0.15) is 5.10 Å². The van der Waals surface area contributed by atoms with E-state index in [1.54, 1.807) is 0 Å². The van der Waals surface area contributed by atoms with Gasteiger partial charge < -0.3 is 9.84 Å². The lowest BCUT2D eigenvalue weighted by Gasteiger charge is -2.25. The molecule has 33 heavy (non-hydrogen) atoms. The summed E-state index contributed by atoms with van der Waals surface area (Å²) in [5.41, 5.74) is 3.11. The third-order valence-electron chi connectivity index (χ3n) is 6.08. The number of aliphatic hydroxyl groups excluding tert-OH is 1. The molecular formula is C28H35N3O2. The monoisotopic (exact) mass is 445 g/mol. The summed E-state index contributed by atoms with van der Waals surface area (Å²) in [7, 11) is 0. The maximum Gasteiger partial charge on any atom is 0.227 e. The fourth-order valence-electron chi connectivity index (χ4n) is 4.16. The summed E-state index contributed by atoms with van der Waals surface area (Å²) in [6.07, 6.45) is 6.44. The predicted octanol–water partition coefficient (Wildman–Crippen LogP) is 5.77. The van der Waals surface area contributed by atoms with Gasteiger partial charge in [-0.15, -0.1) is 6.58 Å². The number of allylic oxidation sites excluding steroid dienone is 1. The zero-order chi connectivity index (χ0) is 23.0. The van der Waals surface area contributed by atoms with Gasteiger partial charge in [-0.3, -0.25) is 4.90 Å². The smallest absolute Gasteiger partial charge is 0.227 e. The number of aliphatic hydroxyl groups is 1. The van der Waals surface area contributed by atoms with E-state index in [1.165, 1.54) is 12.8 Å². The second-order valence-corrected chi connectivity index (χ2v) is 8.90. The first-order valence-electron chi connectivity index (χ1n) is 12.1. The minimum Gasteiger partial charge on any atom is -0.439 e. The van der Waals surface area contributed by atoms with Crippen LogP contribution >= 0.6 is 0 Å². The van der Waals surface area contributed by atoms with Crippen molar-refractivity contribution in [3.63, 3.8) is 0 Å². The minimum atomic E-state index is -0.366. The summed E-state index contributed by atoms with van der Waals surface area (Å²) in [6.45, 7) is 8.28. The van der Waals surface area contributed by atoms with E-state index in [9.17, 15) is 5.11 Å². The molecule has 0 saturated heterocycles. The third-order valence-corrected chi connectivity index (χ3v) is 6.08. The van der Waals surface area contributed by atoms with E-state index in [1.807, 2.05) is 59.3 Å². The number of aromatic nitrogens is 2. The van der Waals surface area contributed by atoms with Crippen molar-refractivity contribution in [2.24, 2.45) is 5.92 Å². The lowest BCUT2D eigenvalue weighted by molar-refractivity contribution is 0.0990. The Morgan fingerprint density at radius 3 is 2.48 bits per heavy atom. The van der Waals surface area contributed by atoms with Gasteiger partial charge in [-0.05, 0) is 62.3 Å². The topological polar surface area (TPSA) is 50.5 Å². The molecule has 174 valence electrons. The Morgan fingerprint density at radius 2 is 1.85 bits per heavy atom. The molecule has 5 nitrogen and oxygen atoms in total. The number of para-hydroxylation sites is 2. The highest BCUT2D eigenvalue weighted by Gasteiger charge is 2.28. The van der Waals surface area contributed by atoms with Gasteiger partial charge in [0.15, 0.2) is 0 Å². The molecule has 5 heteroatoms. The molecule has 0 bridgehead atoms. The van der Waals surface area contributed by atoms with Crippen molar-refractivity contribution in [3.05, 3.63) is 84.6 Å². The number of hydrogen-bond acceptors (Lipinski definition) is 4. The molecule has 0 spiro atoms. The largest absolute Gasteiger partial charge is 0.439 e. The van der Waals surface area contributed by atoms with Crippen molar-refractivity contribution in [2.45, 2.75) is 51.7 Å². The summed E-state index contributed by atoms with van der Waals surface area (Å²) >= 11 is 0.